The lowest BCUT2D eigenvalue weighted by atomic mass is 10.0. The highest BCUT2D eigenvalue weighted by atomic mass is 16.5. The summed E-state index contributed by atoms with van der Waals surface area (Å²) in [6, 6.07) is 19.5. The van der Waals surface area contributed by atoms with Gasteiger partial charge in [0.25, 0.3) is 5.91 Å². The van der Waals surface area contributed by atoms with E-state index in [0.29, 0.717) is 24.4 Å². The summed E-state index contributed by atoms with van der Waals surface area (Å²) >= 11 is 0. The van der Waals surface area contributed by atoms with Crippen LogP contribution in [0, 0.1) is 17.2 Å². The molecule has 0 saturated carbocycles. The van der Waals surface area contributed by atoms with Crippen molar-refractivity contribution in [3.8, 4) is 11.8 Å². The number of benzene rings is 2. The predicted molar refractivity (Wildman–Crippen MR) is 124 cm³/mol. The van der Waals surface area contributed by atoms with Crippen molar-refractivity contribution in [1.82, 2.24) is 14.8 Å². The summed E-state index contributed by atoms with van der Waals surface area (Å²) in [5.74, 6) is 0.442. The average molecular weight is 429 g/mol. The van der Waals surface area contributed by atoms with Crippen molar-refractivity contribution >= 4 is 16.8 Å². The Morgan fingerprint density at radius 1 is 1.06 bits per heavy atom. The molecular weight excluding hydrogens is 400 g/mol. The summed E-state index contributed by atoms with van der Waals surface area (Å²) in [5, 5.41) is 10.5. The van der Waals surface area contributed by atoms with E-state index in [1.54, 1.807) is 18.2 Å². The number of para-hydroxylation sites is 2. The number of rotatable bonds is 6. The second kappa shape index (κ2) is 9.80. The van der Waals surface area contributed by atoms with Crippen LogP contribution < -0.4 is 4.74 Å². The van der Waals surface area contributed by atoms with Gasteiger partial charge in [0, 0.05) is 44.3 Å². The number of nitrogens with zero attached hydrogens (tertiary/aromatic N) is 4. The quantitative estimate of drug-likeness (QED) is 0.596. The number of fused-ring (bicyclic) bond motifs is 1. The van der Waals surface area contributed by atoms with E-state index in [4.69, 9.17) is 4.74 Å². The summed E-state index contributed by atoms with van der Waals surface area (Å²) in [5.41, 5.74) is 2.69. The molecule has 3 aromatic rings. The van der Waals surface area contributed by atoms with Crippen LogP contribution in [0.15, 0.2) is 60.8 Å². The van der Waals surface area contributed by atoms with Gasteiger partial charge in [-0.1, -0.05) is 50.2 Å². The normalized spacial score (nSPS) is 15.5. The molecule has 2 aromatic carbocycles. The Hall–Kier alpha value is -3.43. The van der Waals surface area contributed by atoms with E-state index in [9.17, 15) is 10.1 Å². The fraction of sp³-hybridized carbons (Fsp3) is 0.346. The Balaban J connectivity index is 1.40. The molecule has 1 saturated heterocycles. The Morgan fingerprint density at radius 3 is 2.56 bits per heavy atom. The van der Waals surface area contributed by atoms with Gasteiger partial charge in [-0.2, -0.15) is 5.26 Å². The zero-order chi connectivity index (χ0) is 22.5. The number of piperazine rings is 1. The highest BCUT2D eigenvalue weighted by molar-refractivity contribution is 5.82. The molecule has 2 heterocycles. The third-order valence-electron chi connectivity index (χ3n) is 5.90. The van der Waals surface area contributed by atoms with Crippen LogP contribution in [-0.4, -0.2) is 53.0 Å². The third kappa shape index (κ3) is 4.74. The highest BCUT2D eigenvalue weighted by Crippen LogP contribution is 2.23. The van der Waals surface area contributed by atoms with Crippen molar-refractivity contribution in [2.24, 2.45) is 5.92 Å². The average Bonchev–Trinajstić information content (AvgIpc) is 2.83. The van der Waals surface area contributed by atoms with Crippen molar-refractivity contribution in [2.75, 3.05) is 26.2 Å². The lowest BCUT2D eigenvalue weighted by molar-refractivity contribution is -0.142. The van der Waals surface area contributed by atoms with Gasteiger partial charge in [0.15, 0.2) is 6.10 Å². The smallest absolute Gasteiger partial charge is 0.264 e. The molecule has 6 heteroatoms. The van der Waals surface area contributed by atoms with Crippen LogP contribution in [0.5, 0.6) is 5.75 Å². The molecule has 0 spiro atoms. The van der Waals surface area contributed by atoms with E-state index in [2.05, 4.69) is 40.2 Å². The van der Waals surface area contributed by atoms with E-state index in [1.165, 1.54) is 5.56 Å². The van der Waals surface area contributed by atoms with E-state index in [0.717, 1.165) is 30.5 Å². The molecule has 6 nitrogen and oxygen atoms in total. The van der Waals surface area contributed by atoms with Crippen LogP contribution >= 0.6 is 0 Å². The number of nitriles is 1. The van der Waals surface area contributed by atoms with Crippen LogP contribution in [0.4, 0.5) is 0 Å². The first kappa shape index (κ1) is 21.8. The largest absolute Gasteiger partial charge is 0.479 e. The zero-order valence-corrected chi connectivity index (χ0v) is 18.6. The van der Waals surface area contributed by atoms with E-state index in [-0.39, 0.29) is 11.8 Å². The minimum Gasteiger partial charge on any atom is -0.479 e. The number of pyridine rings is 1. The summed E-state index contributed by atoms with van der Waals surface area (Å²) in [6.45, 7) is 7.68. The van der Waals surface area contributed by atoms with Crippen LogP contribution in [-0.2, 0) is 11.3 Å². The van der Waals surface area contributed by atoms with Gasteiger partial charge in [-0.05, 0) is 29.7 Å². The number of carbonyl (C=O) groups is 1. The van der Waals surface area contributed by atoms with E-state index < -0.39 is 6.10 Å². The third-order valence-corrected chi connectivity index (χ3v) is 5.90. The maximum Gasteiger partial charge on any atom is 0.264 e. The molecule has 1 fully saturated rings. The second-order valence-electron chi connectivity index (χ2n) is 8.48. The maximum absolute atomic E-state index is 13.3. The maximum atomic E-state index is 13.3. The van der Waals surface area contributed by atoms with Crippen LogP contribution in [0.2, 0.25) is 0 Å². The molecule has 0 radical (unpaired) electrons. The van der Waals surface area contributed by atoms with Crippen molar-refractivity contribution in [2.45, 2.75) is 26.5 Å². The molecule has 32 heavy (non-hydrogen) atoms. The van der Waals surface area contributed by atoms with Gasteiger partial charge in [0.2, 0.25) is 0 Å². The zero-order valence-electron chi connectivity index (χ0n) is 18.6. The van der Waals surface area contributed by atoms with Gasteiger partial charge in [-0.3, -0.25) is 14.7 Å². The Kier molecular flexibility index (Phi) is 6.67. The lowest BCUT2D eigenvalue weighted by Gasteiger charge is -2.37. The van der Waals surface area contributed by atoms with Crippen molar-refractivity contribution in [3.05, 3.63) is 71.9 Å². The fourth-order valence-corrected chi connectivity index (χ4v) is 4.11. The number of carbonyl (C=O) groups excluding carboxylic acids is 1. The number of hydrogen-bond acceptors (Lipinski definition) is 5. The summed E-state index contributed by atoms with van der Waals surface area (Å²) < 4.78 is 6.05. The first-order chi connectivity index (χ1) is 15.6. The number of hydrogen-bond donors (Lipinski definition) is 0. The van der Waals surface area contributed by atoms with Gasteiger partial charge >= 0.3 is 0 Å². The van der Waals surface area contributed by atoms with Crippen LogP contribution in [0.25, 0.3) is 10.9 Å². The standard InChI is InChI=1S/C26H28N4O2/c1-19(2)25(32-23-11-4-3-7-21(23)17-27)26(31)30-15-13-29(14-16-30)18-22-9-5-8-20-10-6-12-28-24(20)22/h3-12,19,25H,13-16,18H2,1-2H3. The molecule has 164 valence electrons. The minimum absolute atomic E-state index is 0.00552. The van der Waals surface area contributed by atoms with Gasteiger partial charge in [-0.15, -0.1) is 0 Å². The molecule has 1 atom stereocenters. The van der Waals surface area contributed by atoms with Gasteiger partial charge in [-0.25, -0.2) is 0 Å². The number of ether oxygens (including phenoxy) is 1. The Morgan fingerprint density at radius 2 is 1.81 bits per heavy atom. The van der Waals surface area contributed by atoms with Crippen molar-refractivity contribution < 1.29 is 9.53 Å². The van der Waals surface area contributed by atoms with E-state index in [1.807, 2.05) is 37.1 Å². The second-order valence-corrected chi connectivity index (χ2v) is 8.48. The molecule has 1 aliphatic heterocycles. The fourth-order valence-electron chi connectivity index (χ4n) is 4.11. The van der Waals surface area contributed by atoms with Crippen molar-refractivity contribution in [1.29, 1.82) is 5.26 Å². The molecule has 1 aromatic heterocycles. The molecule has 0 N–H and O–H groups in total. The first-order valence-electron chi connectivity index (χ1n) is 11.1. The minimum atomic E-state index is -0.613. The summed E-state index contributed by atoms with van der Waals surface area (Å²) in [4.78, 5) is 22.1. The number of aromatic nitrogens is 1. The highest BCUT2D eigenvalue weighted by Gasteiger charge is 2.31. The predicted octanol–water partition coefficient (Wildman–Crippen LogP) is 3.85. The monoisotopic (exact) mass is 428 g/mol. The summed E-state index contributed by atoms with van der Waals surface area (Å²) in [7, 11) is 0. The van der Waals surface area contributed by atoms with Crippen LogP contribution in [0.3, 0.4) is 0 Å². The summed E-state index contributed by atoms with van der Waals surface area (Å²) in [6.07, 6.45) is 1.22. The molecular formula is C26H28N4O2. The van der Waals surface area contributed by atoms with Gasteiger partial charge in [0.05, 0.1) is 11.1 Å². The van der Waals surface area contributed by atoms with Gasteiger partial charge in [0.1, 0.15) is 11.8 Å². The molecule has 0 bridgehead atoms. The molecule has 1 amide bonds. The molecule has 1 unspecified atom stereocenters. The lowest BCUT2D eigenvalue weighted by Crippen LogP contribution is -2.53. The first-order valence-corrected chi connectivity index (χ1v) is 11.1. The topological polar surface area (TPSA) is 69.5 Å². The molecule has 4 rings (SSSR count). The van der Waals surface area contributed by atoms with Crippen molar-refractivity contribution in [3.63, 3.8) is 0 Å². The van der Waals surface area contributed by atoms with Crippen LogP contribution in [0.1, 0.15) is 25.0 Å². The van der Waals surface area contributed by atoms with E-state index >= 15 is 0 Å². The SMILES string of the molecule is CC(C)C(Oc1ccccc1C#N)C(=O)N1CCN(Cc2cccc3cccnc23)CC1. The Labute approximate surface area is 189 Å². The molecule has 1 aliphatic rings. The Bertz CT molecular complexity index is 1120. The number of amides is 1. The van der Waals surface area contributed by atoms with Gasteiger partial charge < -0.3 is 9.64 Å². The molecule has 0 aliphatic carbocycles.